The lowest BCUT2D eigenvalue weighted by Gasteiger charge is -2.23. The van der Waals surface area contributed by atoms with Crippen LogP contribution in [0.3, 0.4) is 0 Å². The fraction of sp³-hybridized carbons (Fsp3) is 1.00. The number of halogens is 2. The third kappa shape index (κ3) is 4.33. The van der Waals surface area contributed by atoms with Gasteiger partial charge in [0.15, 0.2) is 0 Å². The predicted octanol–water partition coefficient (Wildman–Crippen LogP) is 2.93. The molecule has 80 valence electrons. The Balaban J connectivity index is 4.63. The summed E-state index contributed by atoms with van der Waals surface area (Å²) in [5.41, 5.74) is 0. The molecule has 0 rings (SSSR count). The standard InChI is InChI=1S/C5H14Cl2N2O2P2/c1-8(2)12(6,10)5-13(7,11)9(3)4/h5H2,1-4H3/t12-,13-/m0/s1. The Hall–Kier alpha value is 0.960. The first-order valence-electron chi connectivity index (χ1n) is 3.52. The van der Waals surface area contributed by atoms with Crippen LogP contribution in [0.1, 0.15) is 0 Å². The molecule has 0 unspecified atom stereocenters. The van der Waals surface area contributed by atoms with Crippen LogP contribution in [0, 0.1) is 0 Å². The van der Waals surface area contributed by atoms with E-state index < -0.39 is 13.3 Å². The molecule has 8 heteroatoms. The molecular weight excluding hydrogens is 253 g/mol. The van der Waals surface area contributed by atoms with E-state index in [0.717, 1.165) is 0 Å². The van der Waals surface area contributed by atoms with Gasteiger partial charge in [0.05, 0.1) is 0 Å². The Morgan fingerprint density at radius 2 is 1.15 bits per heavy atom. The fourth-order valence-electron chi connectivity index (χ4n) is 0.468. The van der Waals surface area contributed by atoms with Crippen molar-refractivity contribution in [2.24, 2.45) is 0 Å². The second-order valence-corrected chi connectivity index (χ2v) is 11.4. The summed E-state index contributed by atoms with van der Waals surface area (Å²) in [7, 11) is 6.28. The summed E-state index contributed by atoms with van der Waals surface area (Å²) in [4.78, 5) is 0. The normalized spacial score (nSPS) is 21.5. The van der Waals surface area contributed by atoms with Gasteiger partial charge in [0.25, 0.3) is 0 Å². The molecule has 0 saturated heterocycles. The maximum Gasteiger partial charge on any atom is 0.243 e. The van der Waals surface area contributed by atoms with Crippen LogP contribution in [0.15, 0.2) is 0 Å². The van der Waals surface area contributed by atoms with Gasteiger partial charge < -0.3 is 0 Å². The molecule has 0 saturated carbocycles. The highest BCUT2D eigenvalue weighted by Crippen LogP contribution is 2.68. The predicted molar refractivity (Wildman–Crippen MR) is 59.2 cm³/mol. The number of hydrogen-bond acceptors (Lipinski definition) is 2. The first-order valence-corrected chi connectivity index (χ1v) is 9.02. The highest BCUT2D eigenvalue weighted by molar-refractivity contribution is 8.01. The van der Waals surface area contributed by atoms with Crippen LogP contribution in [-0.4, -0.2) is 43.4 Å². The van der Waals surface area contributed by atoms with E-state index in [2.05, 4.69) is 0 Å². The quantitative estimate of drug-likeness (QED) is 0.734. The minimum atomic E-state index is -3.07. The van der Waals surface area contributed by atoms with Gasteiger partial charge in [-0.05, 0) is 50.7 Å². The zero-order valence-corrected chi connectivity index (χ0v) is 11.4. The summed E-state index contributed by atoms with van der Waals surface area (Å²) in [5, 5.41) is 0. The first-order chi connectivity index (χ1) is 5.59. The number of hydrogen-bond donors (Lipinski definition) is 0. The van der Waals surface area contributed by atoms with E-state index in [1.807, 2.05) is 0 Å². The van der Waals surface area contributed by atoms with E-state index in [4.69, 9.17) is 22.5 Å². The van der Waals surface area contributed by atoms with Gasteiger partial charge >= 0.3 is 0 Å². The molecule has 0 heterocycles. The second-order valence-electron chi connectivity index (χ2n) is 3.07. The molecule has 0 aromatic carbocycles. The Bertz CT molecular complexity index is 243. The van der Waals surface area contributed by atoms with Crippen LogP contribution in [-0.2, 0) is 9.13 Å². The summed E-state index contributed by atoms with van der Waals surface area (Å²) < 4.78 is 26.0. The van der Waals surface area contributed by atoms with Crippen molar-refractivity contribution in [2.75, 3.05) is 34.1 Å². The summed E-state index contributed by atoms with van der Waals surface area (Å²) in [6.07, 6.45) is 0. The van der Waals surface area contributed by atoms with Gasteiger partial charge in [-0.25, -0.2) is 9.34 Å². The summed E-state index contributed by atoms with van der Waals surface area (Å²) in [6, 6.07) is 0. The minimum Gasteiger partial charge on any atom is -0.288 e. The van der Waals surface area contributed by atoms with E-state index in [-0.39, 0.29) is 5.90 Å². The topological polar surface area (TPSA) is 40.6 Å². The van der Waals surface area contributed by atoms with Crippen LogP contribution >= 0.6 is 35.8 Å². The SMILES string of the molecule is CN(C)[P@@](=O)(Cl)C[P@](=O)(Cl)N(C)C. The average molecular weight is 267 g/mol. The lowest BCUT2D eigenvalue weighted by Crippen LogP contribution is -2.12. The van der Waals surface area contributed by atoms with E-state index in [0.29, 0.717) is 0 Å². The average Bonchev–Trinajstić information content (AvgIpc) is 1.83. The number of nitrogens with zero attached hydrogens (tertiary/aromatic N) is 2. The molecule has 0 fully saturated rings. The third-order valence-corrected chi connectivity index (χ3v) is 10.5. The smallest absolute Gasteiger partial charge is 0.243 e. The number of rotatable bonds is 4. The zero-order chi connectivity index (χ0) is 10.9. The van der Waals surface area contributed by atoms with Gasteiger partial charge in [-0.1, -0.05) is 0 Å². The highest BCUT2D eigenvalue weighted by atomic mass is 35.7. The summed E-state index contributed by atoms with van der Waals surface area (Å²) in [6.45, 7) is -6.14. The Kier molecular flexibility index (Phi) is 5.00. The second kappa shape index (κ2) is 4.65. The molecule has 0 N–H and O–H groups in total. The van der Waals surface area contributed by atoms with E-state index in [9.17, 15) is 9.13 Å². The van der Waals surface area contributed by atoms with Crippen molar-refractivity contribution < 1.29 is 9.13 Å². The van der Waals surface area contributed by atoms with Crippen LogP contribution in [0.2, 0.25) is 0 Å². The van der Waals surface area contributed by atoms with Gasteiger partial charge in [-0.15, -0.1) is 0 Å². The molecule has 0 aliphatic heterocycles. The molecule has 13 heavy (non-hydrogen) atoms. The monoisotopic (exact) mass is 266 g/mol. The zero-order valence-electron chi connectivity index (χ0n) is 8.07. The minimum absolute atomic E-state index is 0.191. The summed E-state index contributed by atoms with van der Waals surface area (Å²) in [5.74, 6) is -0.191. The van der Waals surface area contributed by atoms with Crippen molar-refractivity contribution in [2.45, 2.75) is 0 Å². The van der Waals surface area contributed by atoms with Gasteiger partial charge in [0.1, 0.15) is 5.90 Å². The van der Waals surface area contributed by atoms with E-state index >= 15 is 0 Å². The highest BCUT2D eigenvalue weighted by Gasteiger charge is 2.34. The largest absolute Gasteiger partial charge is 0.288 e. The van der Waals surface area contributed by atoms with Gasteiger partial charge in [-0.3, -0.25) is 9.13 Å². The molecule has 0 aliphatic rings. The first kappa shape index (κ1) is 14.0. The van der Waals surface area contributed by atoms with Gasteiger partial charge in [-0.2, -0.15) is 0 Å². The lowest BCUT2D eigenvalue weighted by atomic mass is 11.3. The molecule has 0 spiro atoms. The van der Waals surface area contributed by atoms with E-state index in [1.54, 1.807) is 28.2 Å². The Labute approximate surface area is 88.6 Å². The molecule has 2 atom stereocenters. The fourth-order valence-corrected chi connectivity index (χ4v) is 7.31. The van der Waals surface area contributed by atoms with E-state index in [1.165, 1.54) is 9.34 Å². The molecule has 0 amide bonds. The van der Waals surface area contributed by atoms with Crippen LogP contribution in [0.5, 0.6) is 0 Å². The maximum atomic E-state index is 11.6. The Morgan fingerprint density at radius 1 is 0.923 bits per heavy atom. The van der Waals surface area contributed by atoms with Crippen molar-refractivity contribution >= 4 is 35.8 Å². The van der Waals surface area contributed by atoms with Crippen molar-refractivity contribution in [1.82, 2.24) is 9.34 Å². The lowest BCUT2D eigenvalue weighted by molar-refractivity contribution is 0.519. The van der Waals surface area contributed by atoms with Gasteiger partial charge in [0.2, 0.25) is 13.3 Å². The van der Waals surface area contributed by atoms with Crippen molar-refractivity contribution in [3.8, 4) is 0 Å². The van der Waals surface area contributed by atoms with Crippen LogP contribution in [0.4, 0.5) is 0 Å². The molecule has 0 aromatic heterocycles. The molecule has 0 aromatic rings. The summed E-state index contributed by atoms with van der Waals surface area (Å²) >= 11 is 11.4. The van der Waals surface area contributed by atoms with Crippen LogP contribution < -0.4 is 0 Å². The van der Waals surface area contributed by atoms with Crippen molar-refractivity contribution in [3.63, 3.8) is 0 Å². The third-order valence-electron chi connectivity index (χ3n) is 1.54. The maximum absolute atomic E-state index is 11.6. The molecule has 4 nitrogen and oxygen atoms in total. The van der Waals surface area contributed by atoms with Crippen molar-refractivity contribution in [1.29, 1.82) is 0 Å². The molecule has 0 bridgehead atoms. The van der Waals surface area contributed by atoms with Crippen LogP contribution in [0.25, 0.3) is 0 Å². The Morgan fingerprint density at radius 3 is 1.31 bits per heavy atom. The molecule has 0 aliphatic carbocycles. The molecule has 0 radical (unpaired) electrons. The van der Waals surface area contributed by atoms with Crippen molar-refractivity contribution in [3.05, 3.63) is 0 Å². The molecular formula is C5H14Cl2N2O2P2. The van der Waals surface area contributed by atoms with Gasteiger partial charge in [0, 0.05) is 0 Å².